The molecule has 0 aliphatic rings. The highest BCUT2D eigenvalue weighted by atomic mass is 35.5. The summed E-state index contributed by atoms with van der Waals surface area (Å²) in [5.41, 5.74) is -0.219. The van der Waals surface area contributed by atoms with Gasteiger partial charge in [-0.2, -0.15) is 9.97 Å². The molecule has 0 bridgehead atoms. The van der Waals surface area contributed by atoms with Gasteiger partial charge in [0.15, 0.2) is 0 Å². The third-order valence-electron chi connectivity index (χ3n) is 3.72. The van der Waals surface area contributed by atoms with Gasteiger partial charge in [0.25, 0.3) is 5.69 Å². The maximum absolute atomic E-state index is 12.7. The molecular weight excluding hydrogens is 418 g/mol. The van der Waals surface area contributed by atoms with Crippen LogP contribution in [0.3, 0.4) is 0 Å². The van der Waals surface area contributed by atoms with Gasteiger partial charge in [0.1, 0.15) is 17.1 Å². The second-order valence-corrected chi connectivity index (χ2v) is 6.00. The predicted octanol–water partition coefficient (Wildman–Crippen LogP) is 4.07. The molecule has 1 aromatic heterocycles. The monoisotopic (exact) mass is 431 g/mol. The van der Waals surface area contributed by atoms with Crippen LogP contribution in [0.2, 0.25) is 5.02 Å². The number of nitro benzene ring substituents is 1. The molecule has 0 saturated heterocycles. The fourth-order valence-corrected chi connectivity index (χ4v) is 2.56. The molecule has 0 aliphatic heterocycles. The second kappa shape index (κ2) is 9.05. The lowest BCUT2D eigenvalue weighted by atomic mass is 10.2. The molecule has 0 N–H and O–H groups in total. The van der Waals surface area contributed by atoms with Gasteiger partial charge in [0, 0.05) is 12.1 Å². The lowest BCUT2D eigenvalue weighted by Crippen LogP contribution is -2.11. The summed E-state index contributed by atoms with van der Waals surface area (Å²) in [5, 5.41) is 10.8. The SMILES string of the molecule is COc1cc(OC)nc(Oc2cccc(Cl)c2C(=O)Oc2ccc([N+](=O)[O-])cc2)n1. The van der Waals surface area contributed by atoms with Gasteiger partial charge in [-0.1, -0.05) is 17.7 Å². The molecule has 0 aliphatic carbocycles. The van der Waals surface area contributed by atoms with E-state index in [2.05, 4.69) is 9.97 Å². The zero-order chi connectivity index (χ0) is 21.7. The molecule has 3 rings (SSSR count). The van der Waals surface area contributed by atoms with E-state index < -0.39 is 10.9 Å². The van der Waals surface area contributed by atoms with Crippen molar-refractivity contribution in [3.63, 3.8) is 0 Å². The molecule has 3 aromatic rings. The van der Waals surface area contributed by atoms with Crippen molar-refractivity contribution in [2.45, 2.75) is 0 Å². The normalized spacial score (nSPS) is 10.2. The van der Waals surface area contributed by atoms with Crippen LogP contribution < -0.4 is 18.9 Å². The van der Waals surface area contributed by atoms with Gasteiger partial charge in [0.2, 0.25) is 11.8 Å². The van der Waals surface area contributed by atoms with E-state index in [4.69, 9.17) is 30.5 Å². The Morgan fingerprint density at radius 1 is 1.03 bits per heavy atom. The number of carbonyl (C=O) groups is 1. The molecule has 2 aromatic carbocycles. The minimum atomic E-state index is -0.834. The molecule has 0 fully saturated rings. The molecule has 154 valence electrons. The van der Waals surface area contributed by atoms with Crippen LogP contribution in [0.5, 0.6) is 29.3 Å². The largest absolute Gasteiger partial charge is 0.481 e. The third kappa shape index (κ3) is 4.73. The molecule has 11 heteroatoms. The summed E-state index contributed by atoms with van der Waals surface area (Å²) in [6, 6.07) is 10.9. The maximum atomic E-state index is 12.7. The van der Waals surface area contributed by atoms with E-state index in [9.17, 15) is 14.9 Å². The van der Waals surface area contributed by atoms with Crippen molar-refractivity contribution < 1.29 is 28.7 Å². The summed E-state index contributed by atoms with van der Waals surface area (Å²) < 4.78 is 21.0. The first-order chi connectivity index (χ1) is 14.4. The molecule has 30 heavy (non-hydrogen) atoms. The summed E-state index contributed by atoms with van der Waals surface area (Å²) >= 11 is 6.18. The Bertz CT molecular complexity index is 1070. The number of methoxy groups -OCH3 is 2. The number of carbonyl (C=O) groups excluding carboxylic acids is 1. The van der Waals surface area contributed by atoms with E-state index in [0.29, 0.717) is 0 Å². The van der Waals surface area contributed by atoms with Crippen molar-refractivity contribution >= 4 is 23.3 Å². The van der Waals surface area contributed by atoms with Crippen LogP contribution in [0.4, 0.5) is 5.69 Å². The second-order valence-electron chi connectivity index (χ2n) is 5.59. The van der Waals surface area contributed by atoms with Crippen molar-refractivity contribution in [3.8, 4) is 29.3 Å². The van der Waals surface area contributed by atoms with Crippen LogP contribution in [0.1, 0.15) is 10.4 Å². The van der Waals surface area contributed by atoms with Crippen LogP contribution >= 0.6 is 11.6 Å². The van der Waals surface area contributed by atoms with Crippen LogP contribution in [0.25, 0.3) is 0 Å². The van der Waals surface area contributed by atoms with Gasteiger partial charge in [-0.25, -0.2) is 4.79 Å². The van der Waals surface area contributed by atoms with Crippen molar-refractivity contribution in [2.75, 3.05) is 14.2 Å². The first-order valence-corrected chi connectivity index (χ1v) is 8.69. The molecule has 0 atom stereocenters. The highest BCUT2D eigenvalue weighted by Gasteiger charge is 2.21. The molecule has 0 unspecified atom stereocenters. The molecule has 0 amide bonds. The molecule has 0 radical (unpaired) electrons. The maximum Gasteiger partial charge on any atom is 0.348 e. The van der Waals surface area contributed by atoms with E-state index in [1.165, 1.54) is 56.7 Å². The summed E-state index contributed by atoms with van der Waals surface area (Å²) in [7, 11) is 2.83. The molecular formula is C19H14ClN3O7. The summed E-state index contributed by atoms with van der Waals surface area (Å²) in [6.45, 7) is 0. The number of benzene rings is 2. The quantitative estimate of drug-likeness (QED) is 0.235. The molecule has 10 nitrogen and oxygen atoms in total. The molecule has 0 saturated carbocycles. The first-order valence-electron chi connectivity index (χ1n) is 8.31. The van der Waals surface area contributed by atoms with E-state index in [0.717, 1.165) is 0 Å². The number of esters is 1. The Balaban J connectivity index is 1.89. The fraction of sp³-hybridized carbons (Fsp3) is 0.105. The lowest BCUT2D eigenvalue weighted by molar-refractivity contribution is -0.384. The summed E-state index contributed by atoms with van der Waals surface area (Å²) in [5.74, 6) is -0.331. The third-order valence-corrected chi connectivity index (χ3v) is 4.03. The van der Waals surface area contributed by atoms with E-state index in [1.807, 2.05) is 0 Å². The summed E-state index contributed by atoms with van der Waals surface area (Å²) in [4.78, 5) is 31.0. The van der Waals surface area contributed by atoms with Crippen LogP contribution in [0.15, 0.2) is 48.5 Å². The molecule has 0 spiro atoms. The van der Waals surface area contributed by atoms with E-state index >= 15 is 0 Å². The van der Waals surface area contributed by atoms with E-state index in [1.54, 1.807) is 6.07 Å². The Morgan fingerprint density at radius 3 is 2.23 bits per heavy atom. The molecule has 1 heterocycles. The van der Waals surface area contributed by atoms with Crippen molar-refractivity contribution in [2.24, 2.45) is 0 Å². The number of rotatable bonds is 7. The van der Waals surface area contributed by atoms with Gasteiger partial charge < -0.3 is 18.9 Å². The number of halogens is 1. The zero-order valence-corrected chi connectivity index (χ0v) is 16.5. The highest BCUT2D eigenvalue weighted by Crippen LogP contribution is 2.32. The Morgan fingerprint density at radius 2 is 1.67 bits per heavy atom. The minimum Gasteiger partial charge on any atom is -0.481 e. The van der Waals surface area contributed by atoms with Gasteiger partial charge in [0.05, 0.1) is 30.2 Å². The average Bonchev–Trinajstić information content (AvgIpc) is 2.73. The number of hydrogen-bond acceptors (Lipinski definition) is 9. The van der Waals surface area contributed by atoms with E-state index in [-0.39, 0.29) is 45.5 Å². The summed E-state index contributed by atoms with van der Waals surface area (Å²) in [6.07, 6.45) is 0. The first kappa shape index (κ1) is 20.8. The number of aromatic nitrogens is 2. The van der Waals surface area contributed by atoms with Crippen LogP contribution in [0, 0.1) is 10.1 Å². The van der Waals surface area contributed by atoms with Gasteiger partial charge >= 0.3 is 12.0 Å². The van der Waals surface area contributed by atoms with Crippen molar-refractivity contribution in [3.05, 3.63) is 69.2 Å². The Labute approximate surface area is 175 Å². The number of nitrogens with zero attached hydrogens (tertiary/aromatic N) is 3. The number of hydrogen-bond donors (Lipinski definition) is 0. The Hall–Kier alpha value is -3.92. The van der Waals surface area contributed by atoms with Crippen LogP contribution in [-0.2, 0) is 0 Å². The lowest BCUT2D eigenvalue weighted by Gasteiger charge is -2.12. The Kier molecular flexibility index (Phi) is 6.28. The highest BCUT2D eigenvalue weighted by molar-refractivity contribution is 6.34. The number of ether oxygens (including phenoxy) is 4. The van der Waals surface area contributed by atoms with Crippen molar-refractivity contribution in [1.29, 1.82) is 0 Å². The zero-order valence-electron chi connectivity index (χ0n) is 15.7. The van der Waals surface area contributed by atoms with Gasteiger partial charge in [-0.15, -0.1) is 0 Å². The smallest absolute Gasteiger partial charge is 0.348 e. The minimum absolute atomic E-state index is 0.0321. The average molecular weight is 432 g/mol. The van der Waals surface area contributed by atoms with Crippen molar-refractivity contribution in [1.82, 2.24) is 9.97 Å². The standard InChI is InChI=1S/C19H14ClN3O7/c1-27-15-10-16(28-2)22-19(21-15)30-14-5-3-4-13(20)17(14)18(24)29-12-8-6-11(7-9-12)23(25)26/h3-10H,1-2H3. The fourth-order valence-electron chi connectivity index (χ4n) is 2.32. The predicted molar refractivity (Wildman–Crippen MR) is 105 cm³/mol. The number of nitro groups is 1. The van der Waals surface area contributed by atoms with Crippen LogP contribution in [-0.4, -0.2) is 35.1 Å². The van der Waals surface area contributed by atoms with Gasteiger partial charge in [-0.3, -0.25) is 10.1 Å². The topological polar surface area (TPSA) is 123 Å². The van der Waals surface area contributed by atoms with Gasteiger partial charge in [-0.05, 0) is 24.3 Å². The number of non-ortho nitro benzene ring substituents is 1.